The first-order valence-electron chi connectivity index (χ1n) is 7.37. The van der Waals surface area contributed by atoms with Crippen LogP contribution >= 0.6 is 15.9 Å². The van der Waals surface area contributed by atoms with Gasteiger partial charge < -0.3 is 10.2 Å². The molecule has 3 heteroatoms. The Hall–Kier alpha value is -0.540. The summed E-state index contributed by atoms with van der Waals surface area (Å²) in [5, 5.41) is 3.46. The third kappa shape index (κ3) is 3.96. The first-order chi connectivity index (χ1) is 9.10. The average Bonchev–Trinajstić information content (AvgIpc) is 2.85. The molecule has 1 heterocycles. The molecule has 0 aromatic heterocycles. The van der Waals surface area contributed by atoms with Crippen LogP contribution in [0, 0.1) is 5.92 Å². The second-order valence-electron chi connectivity index (χ2n) is 5.83. The summed E-state index contributed by atoms with van der Waals surface area (Å²) in [5.41, 5.74) is 2.69. The van der Waals surface area contributed by atoms with Crippen LogP contribution < -0.4 is 10.2 Å². The zero-order valence-corrected chi connectivity index (χ0v) is 13.8. The summed E-state index contributed by atoms with van der Waals surface area (Å²) in [4.78, 5) is 2.51. The van der Waals surface area contributed by atoms with Crippen molar-refractivity contribution in [1.29, 1.82) is 0 Å². The molecule has 2 nitrogen and oxygen atoms in total. The largest absolute Gasteiger partial charge is 0.370 e. The van der Waals surface area contributed by atoms with Gasteiger partial charge in [-0.3, -0.25) is 0 Å². The van der Waals surface area contributed by atoms with Crippen molar-refractivity contribution in [2.24, 2.45) is 5.92 Å². The van der Waals surface area contributed by atoms with Gasteiger partial charge in [0.05, 0.1) is 5.69 Å². The molecule has 19 heavy (non-hydrogen) atoms. The molecule has 1 saturated heterocycles. The molecule has 1 fully saturated rings. The van der Waals surface area contributed by atoms with Gasteiger partial charge in [-0.15, -0.1) is 0 Å². The zero-order valence-electron chi connectivity index (χ0n) is 12.2. The first-order valence-corrected chi connectivity index (χ1v) is 8.16. The summed E-state index contributed by atoms with van der Waals surface area (Å²) in [6, 6.07) is 7.29. The van der Waals surface area contributed by atoms with E-state index in [2.05, 4.69) is 65.1 Å². The number of halogens is 1. The zero-order chi connectivity index (χ0) is 13.8. The number of nitrogens with one attached hydrogen (secondary N) is 1. The van der Waals surface area contributed by atoms with E-state index < -0.39 is 0 Å². The summed E-state index contributed by atoms with van der Waals surface area (Å²) in [6.45, 7) is 9.99. The van der Waals surface area contributed by atoms with E-state index in [1.165, 1.54) is 41.7 Å². The number of nitrogens with zero attached hydrogens (tertiary/aromatic N) is 1. The lowest BCUT2D eigenvalue weighted by Gasteiger charge is -2.21. The molecule has 1 atom stereocenters. The molecule has 1 aromatic rings. The van der Waals surface area contributed by atoms with Gasteiger partial charge >= 0.3 is 0 Å². The highest BCUT2D eigenvalue weighted by Gasteiger charge is 2.22. The van der Waals surface area contributed by atoms with Crippen molar-refractivity contribution in [1.82, 2.24) is 5.32 Å². The number of rotatable bonds is 5. The summed E-state index contributed by atoms with van der Waals surface area (Å²) in [5.74, 6) is 0.870. The highest BCUT2D eigenvalue weighted by atomic mass is 79.9. The molecule has 1 unspecified atom stereocenters. The van der Waals surface area contributed by atoms with Crippen LogP contribution in [0.2, 0.25) is 0 Å². The van der Waals surface area contributed by atoms with Gasteiger partial charge in [0.15, 0.2) is 0 Å². The Balaban J connectivity index is 2.03. The van der Waals surface area contributed by atoms with E-state index in [4.69, 9.17) is 0 Å². The van der Waals surface area contributed by atoms with E-state index in [1.54, 1.807) is 0 Å². The Kier molecular flexibility index (Phi) is 5.28. The topological polar surface area (TPSA) is 15.3 Å². The highest BCUT2D eigenvalue weighted by molar-refractivity contribution is 9.10. The van der Waals surface area contributed by atoms with Crippen molar-refractivity contribution >= 4 is 21.6 Å². The van der Waals surface area contributed by atoms with E-state index in [0.29, 0.717) is 6.04 Å². The van der Waals surface area contributed by atoms with Crippen LogP contribution in [-0.2, 0) is 6.54 Å². The fourth-order valence-electron chi connectivity index (χ4n) is 2.62. The van der Waals surface area contributed by atoms with Gasteiger partial charge in [-0.05, 0) is 46.0 Å². The number of hydrogen-bond donors (Lipinski definition) is 1. The summed E-state index contributed by atoms with van der Waals surface area (Å²) >= 11 is 3.74. The lowest BCUT2D eigenvalue weighted by molar-refractivity contribution is 0.569. The number of anilines is 1. The molecule has 0 amide bonds. The van der Waals surface area contributed by atoms with Gasteiger partial charge in [-0.2, -0.15) is 0 Å². The number of benzene rings is 1. The lowest BCUT2D eigenvalue weighted by Crippen LogP contribution is -2.22. The lowest BCUT2D eigenvalue weighted by atomic mass is 10.1. The standard InChI is InChI=1S/C16H25BrN2/c1-4-13-7-8-19(11-13)16-6-5-14(9-15(16)17)10-18-12(2)3/h5-6,9,12-13,18H,4,7-8,10-11H2,1-3H3. The summed E-state index contributed by atoms with van der Waals surface area (Å²) in [7, 11) is 0. The van der Waals surface area contributed by atoms with Gasteiger partial charge in [0, 0.05) is 30.1 Å². The van der Waals surface area contributed by atoms with Crippen molar-refractivity contribution < 1.29 is 0 Å². The number of hydrogen-bond acceptors (Lipinski definition) is 2. The third-order valence-electron chi connectivity index (χ3n) is 3.93. The van der Waals surface area contributed by atoms with Crippen molar-refractivity contribution in [3.63, 3.8) is 0 Å². The van der Waals surface area contributed by atoms with E-state index in [0.717, 1.165) is 12.5 Å². The maximum Gasteiger partial charge on any atom is 0.0510 e. The second kappa shape index (κ2) is 6.76. The van der Waals surface area contributed by atoms with Crippen molar-refractivity contribution in [2.75, 3.05) is 18.0 Å². The average molecular weight is 325 g/mol. The molecule has 1 aromatic carbocycles. The maximum absolute atomic E-state index is 3.74. The fraction of sp³-hybridized carbons (Fsp3) is 0.625. The fourth-order valence-corrected chi connectivity index (χ4v) is 3.30. The minimum Gasteiger partial charge on any atom is -0.370 e. The molecule has 0 aliphatic carbocycles. The Bertz CT molecular complexity index is 417. The minimum atomic E-state index is 0.530. The van der Waals surface area contributed by atoms with E-state index in [1.807, 2.05) is 0 Å². The summed E-state index contributed by atoms with van der Waals surface area (Å²) in [6.07, 6.45) is 2.63. The highest BCUT2D eigenvalue weighted by Crippen LogP contribution is 2.32. The van der Waals surface area contributed by atoms with E-state index >= 15 is 0 Å². The minimum absolute atomic E-state index is 0.530. The van der Waals surface area contributed by atoms with Crippen molar-refractivity contribution in [3.8, 4) is 0 Å². The third-order valence-corrected chi connectivity index (χ3v) is 4.57. The van der Waals surface area contributed by atoms with Gasteiger partial charge in [0.1, 0.15) is 0 Å². The molecule has 2 rings (SSSR count). The van der Waals surface area contributed by atoms with Crippen LogP contribution in [0.25, 0.3) is 0 Å². The van der Waals surface area contributed by atoms with Crippen LogP contribution in [0.3, 0.4) is 0 Å². The van der Waals surface area contributed by atoms with Crippen LogP contribution in [0.4, 0.5) is 5.69 Å². The van der Waals surface area contributed by atoms with Crippen molar-refractivity contribution in [2.45, 2.75) is 46.2 Å². The summed E-state index contributed by atoms with van der Waals surface area (Å²) < 4.78 is 1.23. The van der Waals surface area contributed by atoms with Gasteiger partial charge in [0.25, 0.3) is 0 Å². The smallest absolute Gasteiger partial charge is 0.0510 e. The Morgan fingerprint density at radius 1 is 1.42 bits per heavy atom. The Labute approximate surface area is 125 Å². The predicted octanol–water partition coefficient (Wildman–Crippen LogP) is 4.18. The molecular formula is C16H25BrN2. The molecule has 0 radical (unpaired) electrons. The second-order valence-corrected chi connectivity index (χ2v) is 6.68. The monoisotopic (exact) mass is 324 g/mol. The van der Waals surface area contributed by atoms with Crippen LogP contribution in [-0.4, -0.2) is 19.1 Å². The molecule has 0 bridgehead atoms. The molecular weight excluding hydrogens is 300 g/mol. The molecule has 0 spiro atoms. The van der Waals surface area contributed by atoms with Gasteiger partial charge in [-0.25, -0.2) is 0 Å². The van der Waals surface area contributed by atoms with Crippen LogP contribution in [0.1, 0.15) is 39.2 Å². The van der Waals surface area contributed by atoms with Gasteiger partial charge in [0.2, 0.25) is 0 Å². The van der Waals surface area contributed by atoms with E-state index in [9.17, 15) is 0 Å². The maximum atomic E-state index is 3.74. The van der Waals surface area contributed by atoms with Gasteiger partial charge in [-0.1, -0.05) is 33.3 Å². The molecule has 1 aliphatic rings. The Morgan fingerprint density at radius 2 is 2.21 bits per heavy atom. The molecule has 1 N–H and O–H groups in total. The normalized spacial score (nSPS) is 19.4. The Morgan fingerprint density at radius 3 is 2.79 bits per heavy atom. The van der Waals surface area contributed by atoms with E-state index in [-0.39, 0.29) is 0 Å². The SMILES string of the molecule is CCC1CCN(c2ccc(CNC(C)C)cc2Br)C1. The molecule has 106 valence electrons. The predicted molar refractivity (Wildman–Crippen MR) is 86.7 cm³/mol. The molecule has 0 saturated carbocycles. The van der Waals surface area contributed by atoms with Crippen LogP contribution in [0.15, 0.2) is 22.7 Å². The quantitative estimate of drug-likeness (QED) is 0.873. The van der Waals surface area contributed by atoms with Crippen molar-refractivity contribution in [3.05, 3.63) is 28.2 Å². The van der Waals surface area contributed by atoms with Crippen LogP contribution in [0.5, 0.6) is 0 Å². The first kappa shape index (κ1) is 14.9. The molecule has 1 aliphatic heterocycles.